The summed E-state index contributed by atoms with van der Waals surface area (Å²) in [4.78, 5) is 4.67. The average Bonchev–Trinajstić information content (AvgIpc) is 2.95. The van der Waals surface area contributed by atoms with Crippen molar-refractivity contribution in [3.05, 3.63) is 29.3 Å². The van der Waals surface area contributed by atoms with Crippen LogP contribution in [0.5, 0.6) is 0 Å². The summed E-state index contributed by atoms with van der Waals surface area (Å²) in [5, 5.41) is 9.13. The van der Waals surface area contributed by atoms with Crippen molar-refractivity contribution in [2.24, 2.45) is 0 Å². The summed E-state index contributed by atoms with van der Waals surface area (Å²) in [5.74, 6) is 2.66. The Morgan fingerprint density at radius 2 is 2.28 bits per heavy atom. The molecule has 0 spiro atoms. The molecular formula is C14H18N2O2. The van der Waals surface area contributed by atoms with Crippen molar-refractivity contribution in [3.8, 4) is 11.6 Å². The Morgan fingerprint density at radius 3 is 3.00 bits per heavy atom. The number of furan rings is 1. The Hall–Kier alpha value is -1.55. The fourth-order valence-electron chi connectivity index (χ4n) is 2.67. The van der Waals surface area contributed by atoms with E-state index < -0.39 is 0 Å². The van der Waals surface area contributed by atoms with Gasteiger partial charge in [0.2, 0.25) is 0 Å². The highest BCUT2D eigenvalue weighted by Gasteiger charge is 2.21. The van der Waals surface area contributed by atoms with Crippen LogP contribution >= 0.6 is 0 Å². The second kappa shape index (κ2) is 4.61. The van der Waals surface area contributed by atoms with E-state index in [1.54, 1.807) is 0 Å². The zero-order valence-corrected chi connectivity index (χ0v) is 10.6. The van der Waals surface area contributed by atoms with Gasteiger partial charge in [0.05, 0.1) is 5.69 Å². The van der Waals surface area contributed by atoms with Crippen LogP contribution in [0, 0.1) is 6.92 Å². The second-order valence-electron chi connectivity index (χ2n) is 4.82. The third-order valence-electron chi connectivity index (χ3n) is 3.51. The fraction of sp³-hybridized carbons (Fsp3) is 0.500. The molecule has 4 nitrogen and oxygen atoms in total. The molecule has 0 saturated heterocycles. The van der Waals surface area contributed by atoms with E-state index in [1.807, 2.05) is 19.1 Å². The molecule has 0 fully saturated rings. The molecule has 2 aromatic heterocycles. The molecule has 2 aromatic rings. The predicted octanol–water partition coefficient (Wildman–Crippen LogP) is 2.32. The lowest BCUT2D eigenvalue weighted by Crippen LogP contribution is -2.12. The molecule has 0 radical (unpaired) electrons. The normalized spacial score (nSPS) is 14.8. The summed E-state index contributed by atoms with van der Waals surface area (Å²) in [6, 6.07) is 3.94. The number of rotatable bonds is 3. The summed E-state index contributed by atoms with van der Waals surface area (Å²) < 4.78 is 7.94. The molecule has 0 amide bonds. The quantitative estimate of drug-likeness (QED) is 0.904. The predicted molar refractivity (Wildman–Crippen MR) is 68.4 cm³/mol. The number of nitrogens with zero attached hydrogens (tertiary/aromatic N) is 2. The monoisotopic (exact) mass is 246 g/mol. The number of aromatic nitrogens is 2. The molecular weight excluding hydrogens is 228 g/mol. The molecule has 0 bridgehead atoms. The smallest absolute Gasteiger partial charge is 0.176 e. The number of hydrogen-bond acceptors (Lipinski definition) is 3. The van der Waals surface area contributed by atoms with Crippen LogP contribution in [0.25, 0.3) is 11.6 Å². The minimum atomic E-state index is 0.153. The third kappa shape index (κ3) is 1.86. The molecule has 0 atom stereocenters. The standard InChI is InChI=1S/C14H18N2O2/c1-10-5-6-13(18-10)14-15-11(7-9-17)12-4-2-3-8-16(12)14/h5-6,17H,2-4,7-9H2,1H3. The summed E-state index contributed by atoms with van der Waals surface area (Å²) in [7, 11) is 0. The van der Waals surface area contributed by atoms with E-state index in [2.05, 4.69) is 9.55 Å². The Bertz CT molecular complexity index is 554. The largest absolute Gasteiger partial charge is 0.458 e. The Labute approximate surface area is 106 Å². The maximum atomic E-state index is 9.13. The first-order chi connectivity index (χ1) is 8.79. The van der Waals surface area contributed by atoms with E-state index in [4.69, 9.17) is 9.52 Å². The van der Waals surface area contributed by atoms with Crippen molar-refractivity contribution in [2.75, 3.05) is 6.61 Å². The van der Waals surface area contributed by atoms with E-state index in [0.29, 0.717) is 6.42 Å². The lowest BCUT2D eigenvalue weighted by molar-refractivity contribution is 0.297. The molecule has 0 aromatic carbocycles. The van der Waals surface area contributed by atoms with E-state index in [1.165, 1.54) is 18.5 Å². The van der Waals surface area contributed by atoms with Crippen molar-refractivity contribution in [2.45, 2.75) is 39.2 Å². The highest BCUT2D eigenvalue weighted by atomic mass is 16.3. The van der Waals surface area contributed by atoms with Gasteiger partial charge in [0, 0.05) is 25.3 Å². The third-order valence-corrected chi connectivity index (χ3v) is 3.51. The van der Waals surface area contributed by atoms with Gasteiger partial charge in [0.1, 0.15) is 5.76 Å². The lowest BCUT2D eigenvalue weighted by atomic mass is 10.1. The van der Waals surface area contributed by atoms with E-state index in [9.17, 15) is 0 Å². The van der Waals surface area contributed by atoms with Crippen molar-refractivity contribution >= 4 is 0 Å². The van der Waals surface area contributed by atoms with E-state index >= 15 is 0 Å². The van der Waals surface area contributed by atoms with E-state index in [0.717, 1.165) is 36.0 Å². The maximum absolute atomic E-state index is 9.13. The van der Waals surface area contributed by atoms with Gasteiger partial charge in [-0.1, -0.05) is 0 Å². The molecule has 1 N–H and O–H groups in total. The topological polar surface area (TPSA) is 51.2 Å². The van der Waals surface area contributed by atoms with Gasteiger partial charge in [0.25, 0.3) is 0 Å². The van der Waals surface area contributed by atoms with Crippen molar-refractivity contribution < 1.29 is 9.52 Å². The van der Waals surface area contributed by atoms with Gasteiger partial charge in [-0.25, -0.2) is 4.98 Å². The van der Waals surface area contributed by atoms with E-state index in [-0.39, 0.29) is 6.61 Å². The van der Waals surface area contributed by atoms with Crippen molar-refractivity contribution in [1.82, 2.24) is 9.55 Å². The SMILES string of the molecule is Cc1ccc(-c2nc(CCO)c3n2CCCC3)o1. The fourth-order valence-corrected chi connectivity index (χ4v) is 2.67. The van der Waals surface area contributed by atoms with Crippen LogP contribution in [0.15, 0.2) is 16.5 Å². The minimum absolute atomic E-state index is 0.153. The molecule has 0 unspecified atom stereocenters. The second-order valence-corrected chi connectivity index (χ2v) is 4.82. The first kappa shape index (κ1) is 11.5. The zero-order valence-electron chi connectivity index (χ0n) is 10.6. The van der Waals surface area contributed by atoms with Crippen molar-refractivity contribution in [3.63, 3.8) is 0 Å². The molecule has 3 heterocycles. The first-order valence-electron chi connectivity index (χ1n) is 6.55. The van der Waals surface area contributed by atoms with Crippen LogP contribution in [0.1, 0.15) is 30.0 Å². The van der Waals surface area contributed by atoms with Crippen molar-refractivity contribution in [1.29, 1.82) is 0 Å². The summed E-state index contributed by atoms with van der Waals surface area (Å²) in [6.07, 6.45) is 4.09. The van der Waals surface area contributed by atoms with Crippen LogP contribution in [0.2, 0.25) is 0 Å². The Morgan fingerprint density at radius 1 is 1.39 bits per heavy atom. The molecule has 18 heavy (non-hydrogen) atoms. The number of aryl methyl sites for hydroxylation is 1. The molecule has 3 rings (SSSR count). The molecule has 0 aliphatic carbocycles. The number of hydrogen-bond donors (Lipinski definition) is 1. The molecule has 1 aliphatic heterocycles. The summed E-state index contributed by atoms with van der Waals surface area (Å²) in [6.45, 7) is 3.10. The highest BCUT2D eigenvalue weighted by Crippen LogP contribution is 2.28. The summed E-state index contributed by atoms with van der Waals surface area (Å²) in [5.41, 5.74) is 2.31. The van der Waals surface area contributed by atoms with Crippen LogP contribution in [0.4, 0.5) is 0 Å². The van der Waals surface area contributed by atoms with Crippen LogP contribution < -0.4 is 0 Å². The van der Waals surface area contributed by atoms with Gasteiger partial charge in [-0.05, 0) is 38.3 Å². The van der Waals surface area contributed by atoms with Crippen LogP contribution in [-0.2, 0) is 19.4 Å². The minimum Gasteiger partial charge on any atom is -0.458 e. The molecule has 0 saturated carbocycles. The Kier molecular flexibility index (Phi) is 2.96. The zero-order chi connectivity index (χ0) is 12.5. The van der Waals surface area contributed by atoms with Gasteiger partial charge < -0.3 is 14.1 Å². The maximum Gasteiger partial charge on any atom is 0.176 e. The van der Waals surface area contributed by atoms with Gasteiger partial charge in [-0.2, -0.15) is 0 Å². The van der Waals surface area contributed by atoms with Crippen LogP contribution in [0.3, 0.4) is 0 Å². The number of aliphatic hydroxyl groups excluding tert-OH is 1. The molecule has 96 valence electrons. The molecule has 1 aliphatic rings. The average molecular weight is 246 g/mol. The number of imidazole rings is 1. The van der Waals surface area contributed by atoms with Crippen LogP contribution in [-0.4, -0.2) is 21.3 Å². The Balaban J connectivity index is 2.08. The van der Waals surface area contributed by atoms with Gasteiger partial charge in [-0.15, -0.1) is 0 Å². The number of fused-ring (bicyclic) bond motifs is 1. The van der Waals surface area contributed by atoms with Gasteiger partial charge in [0.15, 0.2) is 11.6 Å². The first-order valence-corrected chi connectivity index (χ1v) is 6.55. The lowest BCUT2D eigenvalue weighted by Gasteiger charge is -2.16. The van der Waals surface area contributed by atoms with Gasteiger partial charge in [-0.3, -0.25) is 0 Å². The van der Waals surface area contributed by atoms with Gasteiger partial charge >= 0.3 is 0 Å². The summed E-state index contributed by atoms with van der Waals surface area (Å²) >= 11 is 0. The molecule has 4 heteroatoms. The number of aliphatic hydroxyl groups is 1. The highest BCUT2D eigenvalue weighted by molar-refractivity contribution is 5.50.